The van der Waals surface area contributed by atoms with Gasteiger partial charge in [-0.2, -0.15) is 27.6 Å². The van der Waals surface area contributed by atoms with Gasteiger partial charge in [0.1, 0.15) is 0 Å². The first kappa shape index (κ1) is 5.28. The fraction of sp³-hybridized carbons (Fsp3) is 0.500. The molecule has 5 heavy (non-hydrogen) atoms. The van der Waals surface area contributed by atoms with Crippen LogP contribution in [0.3, 0.4) is 0 Å². The number of rotatable bonds is 1. The molecule has 0 unspecified atom stereocenters. The van der Waals surface area contributed by atoms with Gasteiger partial charge in [0.25, 0.3) is 0 Å². The van der Waals surface area contributed by atoms with Gasteiger partial charge >= 0.3 is 0 Å². The second-order valence-corrected chi connectivity index (χ2v) is 1.40. The maximum absolute atomic E-state index is 7.78. The van der Waals surface area contributed by atoms with Crippen molar-refractivity contribution in [2.75, 3.05) is 0 Å². The van der Waals surface area contributed by atoms with Crippen molar-refractivity contribution in [3.63, 3.8) is 0 Å². The molecule has 0 heterocycles. The first-order valence-electron chi connectivity index (χ1n) is 1.20. The Morgan fingerprint density at radius 3 is 2.60 bits per heavy atom. The van der Waals surface area contributed by atoms with Crippen molar-refractivity contribution in [2.24, 2.45) is 0 Å². The van der Waals surface area contributed by atoms with E-state index >= 15 is 0 Å². The van der Waals surface area contributed by atoms with Gasteiger partial charge < -0.3 is 0 Å². The summed E-state index contributed by atoms with van der Waals surface area (Å²) in [7, 11) is 0. The summed E-state index contributed by atoms with van der Waals surface area (Å²) in [4.78, 5) is 0. The zero-order chi connectivity index (χ0) is 4.12. The minimum absolute atomic E-state index is 0.556. The Bertz CT molecular complexity index is 48.1. The van der Waals surface area contributed by atoms with Crippen molar-refractivity contribution in [1.82, 2.24) is 0 Å². The third kappa shape index (κ3) is 4.28. The van der Waals surface area contributed by atoms with Gasteiger partial charge in [-0.1, -0.05) is 0 Å². The molecule has 0 saturated carbocycles. The summed E-state index contributed by atoms with van der Waals surface area (Å²) in [5, 5.41) is 9.57. The largest absolute Gasteiger partial charge is 0.215 e. The number of hydrogen-bond donors (Lipinski definition) is 0. The van der Waals surface area contributed by atoms with Gasteiger partial charge in [0.15, 0.2) is 0 Å². The van der Waals surface area contributed by atoms with Crippen LogP contribution in [0.5, 0.6) is 0 Å². The van der Waals surface area contributed by atoms with Gasteiger partial charge in [-0.05, 0) is 0 Å². The summed E-state index contributed by atoms with van der Waals surface area (Å²) in [6.07, 6.45) is 0.556. The molecular weight excluding hydrogens is 176 g/mol. The average molecular weight is 178 g/mol. The second kappa shape index (κ2) is 4.28. The van der Waals surface area contributed by atoms with Crippen LogP contribution in [0.15, 0.2) is 0 Å². The van der Waals surface area contributed by atoms with Gasteiger partial charge in [0.05, 0.1) is 6.07 Å². The van der Waals surface area contributed by atoms with E-state index in [1.807, 2.05) is 28.4 Å². The average Bonchev–Trinajstić information content (AvgIpc) is 1.41. The van der Waals surface area contributed by atoms with Crippen LogP contribution >= 0.6 is 22.4 Å². The molecule has 0 saturated heterocycles. The first-order chi connectivity index (χ1) is 2.41. The number of nitriles is 1. The molecule has 0 rings (SSSR count). The molecule has 1 radical (unpaired) electrons. The van der Waals surface area contributed by atoms with E-state index in [4.69, 9.17) is 5.26 Å². The number of hydrogen-bond acceptors (Lipinski definition) is 1. The van der Waals surface area contributed by atoms with E-state index in [1.54, 1.807) is 5.14 Å². The Kier molecular flexibility index (Phi) is 4.53. The summed E-state index contributed by atoms with van der Waals surface area (Å²) in [5.74, 6) is 0. The van der Waals surface area contributed by atoms with Crippen LogP contribution in [0.2, 0.25) is 6.32 Å². The highest BCUT2D eigenvalue weighted by Crippen LogP contribution is 1.79. The first-order valence-corrected chi connectivity index (χ1v) is 2.45. The third-order valence-corrected chi connectivity index (χ3v) is 0.609. The predicted octanol–water partition coefficient (Wildman–Crippen LogP) is 0.982. The van der Waals surface area contributed by atoms with Gasteiger partial charge in [-0.3, -0.25) is 0 Å². The summed E-state index contributed by atoms with van der Waals surface area (Å²) in [6.45, 7) is 0. The maximum Gasteiger partial charge on any atom is 0.215 e. The minimum atomic E-state index is 0.556. The quantitative estimate of drug-likeness (QED) is 0.433. The zero-order valence-electron chi connectivity index (χ0n) is 2.61. The third-order valence-electron chi connectivity index (χ3n) is 0.168. The van der Waals surface area contributed by atoms with Crippen LogP contribution in [0.25, 0.3) is 0 Å². The van der Waals surface area contributed by atoms with Crippen molar-refractivity contribution in [3.8, 4) is 6.07 Å². The summed E-state index contributed by atoms with van der Waals surface area (Å²) in [5.41, 5.74) is 0. The van der Waals surface area contributed by atoms with E-state index < -0.39 is 0 Å². The van der Waals surface area contributed by atoms with Crippen LogP contribution < -0.4 is 0 Å². The van der Waals surface area contributed by atoms with E-state index in [9.17, 15) is 0 Å². The molecule has 0 fully saturated rings. The van der Waals surface area contributed by atoms with Crippen LogP contribution in [0.4, 0.5) is 0 Å². The highest BCUT2D eigenvalue weighted by Gasteiger charge is 1.72. The van der Waals surface area contributed by atoms with Crippen LogP contribution in [-0.2, 0) is 0 Å². The molecular formula is C2H2BIN. The summed E-state index contributed by atoms with van der Waals surface area (Å²) in [6, 6.07) is 1.95. The zero-order valence-corrected chi connectivity index (χ0v) is 4.77. The van der Waals surface area contributed by atoms with Gasteiger partial charge in [0.2, 0.25) is 5.14 Å². The molecule has 0 N–H and O–H groups in total. The standard InChI is InChI=1S/C2H2BIN/c4-3-1-2-5/h1H2. The molecule has 0 atom stereocenters. The molecule has 0 bridgehead atoms. The molecule has 0 amide bonds. The van der Waals surface area contributed by atoms with Crippen LogP contribution in [0.1, 0.15) is 0 Å². The van der Waals surface area contributed by atoms with Gasteiger partial charge in [-0.15, -0.1) is 0 Å². The Labute approximate surface area is 45.5 Å². The summed E-state index contributed by atoms with van der Waals surface area (Å²) < 4.78 is 0. The van der Waals surface area contributed by atoms with Crippen LogP contribution in [-0.4, -0.2) is 5.14 Å². The molecule has 0 aliphatic rings. The minimum Gasteiger partial charge on any atom is -0.199 e. The van der Waals surface area contributed by atoms with Gasteiger partial charge in [-0.25, -0.2) is 0 Å². The lowest BCUT2D eigenvalue weighted by molar-refractivity contribution is 1.48. The molecule has 25 valence electrons. The van der Waals surface area contributed by atoms with E-state index in [0.717, 1.165) is 0 Å². The lowest BCUT2D eigenvalue weighted by Crippen LogP contribution is -1.64. The molecule has 0 spiro atoms. The lowest BCUT2D eigenvalue weighted by atomic mass is 10.1. The van der Waals surface area contributed by atoms with Gasteiger partial charge in [0, 0.05) is 6.32 Å². The van der Waals surface area contributed by atoms with E-state index in [-0.39, 0.29) is 0 Å². The number of nitrogens with zero attached hydrogens (tertiary/aromatic N) is 1. The molecule has 3 heteroatoms. The molecule has 0 aromatic carbocycles. The highest BCUT2D eigenvalue weighted by atomic mass is 127. The Hall–Kier alpha value is 0.285. The summed E-state index contributed by atoms with van der Waals surface area (Å²) >= 11 is 2.04. The molecule has 0 aromatic rings. The molecule has 0 aliphatic heterocycles. The number of halogens is 1. The van der Waals surface area contributed by atoms with Crippen molar-refractivity contribution in [3.05, 3.63) is 0 Å². The second-order valence-electron chi connectivity index (χ2n) is 0.517. The van der Waals surface area contributed by atoms with Crippen molar-refractivity contribution >= 4 is 27.5 Å². The monoisotopic (exact) mass is 178 g/mol. The maximum atomic E-state index is 7.78. The van der Waals surface area contributed by atoms with Crippen molar-refractivity contribution in [1.29, 1.82) is 5.26 Å². The Balaban J connectivity index is 2.48. The normalized spacial score (nSPS) is 5.60. The topological polar surface area (TPSA) is 23.8 Å². The molecule has 0 aliphatic carbocycles. The van der Waals surface area contributed by atoms with E-state index in [1.165, 1.54) is 0 Å². The smallest absolute Gasteiger partial charge is 0.199 e. The fourth-order valence-corrected chi connectivity index (χ4v) is 0.231. The highest BCUT2D eigenvalue weighted by molar-refractivity contribution is 14.1. The van der Waals surface area contributed by atoms with Crippen LogP contribution in [0, 0.1) is 11.3 Å². The van der Waals surface area contributed by atoms with Crippen molar-refractivity contribution in [2.45, 2.75) is 6.32 Å². The molecule has 1 nitrogen and oxygen atoms in total. The Morgan fingerprint density at radius 2 is 2.60 bits per heavy atom. The van der Waals surface area contributed by atoms with Crippen molar-refractivity contribution < 1.29 is 0 Å². The molecule has 0 aromatic heterocycles. The van der Waals surface area contributed by atoms with E-state index in [0.29, 0.717) is 6.32 Å². The SMILES string of the molecule is N#CC[B]I. The Morgan fingerprint density at radius 1 is 2.00 bits per heavy atom. The fourth-order valence-electron chi connectivity index (χ4n) is 0.0345. The van der Waals surface area contributed by atoms with E-state index in [2.05, 4.69) is 0 Å². The predicted molar refractivity (Wildman–Crippen MR) is 30.2 cm³/mol. The lowest BCUT2D eigenvalue weighted by Gasteiger charge is -1.59.